The zero-order valence-electron chi connectivity index (χ0n) is 11.9. The zero-order valence-corrected chi connectivity index (χ0v) is 13.5. The molecule has 1 aliphatic rings. The summed E-state index contributed by atoms with van der Waals surface area (Å²) in [5, 5.41) is 3.47. The van der Waals surface area contributed by atoms with Gasteiger partial charge in [0, 0.05) is 19.6 Å². The topological polar surface area (TPSA) is 49.4 Å². The Morgan fingerprint density at radius 3 is 2.65 bits per heavy atom. The first-order valence-corrected chi connectivity index (χ1v) is 8.75. The lowest BCUT2D eigenvalue weighted by molar-refractivity contribution is 0.249. The molecule has 0 saturated heterocycles. The predicted molar refractivity (Wildman–Crippen MR) is 81.4 cm³/mol. The second-order valence-corrected chi connectivity index (χ2v) is 7.52. The van der Waals surface area contributed by atoms with Crippen LogP contribution >= 0.6 is 11.6 Å². The van der Waals surface area contributed by atoms with Gasteiger partial charge >= 0.3 is 0 Å². The van der Waals surface area contributed by atoms with Gasteiger partial charge in [-0.1, -0.05) is 31.0 Å². The predicted octanol–water partition coefficient (Wildman–Crippen LogP) is 2.62. The normalized spacial score (nSPS) is 16.4. The number of nitrogens with zero attached hydrogens (tertiary/aromatic N) is 1. The highest BCUT2D eigenvalue weighted by molar-refractivity contribution is 7.89. The van der Waals surface area contributed by atoms with Crippen LogP contribution in [-0.4, -0.2) is 32.4 Å². The molecular weight excluding hydrogens is 296 g/mol. The van der Waals surface area contributed by atoms with Crippen molar-refractivity contribution in [2.75, 3.05) is 13.6 Å². The molecule has 1 aromatic carbocycles. The van der Waals surface area contributed by atoms with Gasteiger partial charge in [0.15, 0.2) is 0 Å². The molecule has 112 valence electrons. The lowest BCUT2D eigenvalue weighted by Gasteiger charge is -2.34. The van der Waals surface area contributed by atoms with E-state index >= 15 is 0 Å². The quantitative estimate of drug-likeness (QED) is 0.877. The maximum atomic E-state index is 12.6. The summed E-state index contributed by atoms with van der Waals surface area (Å²) in [6, 6.07) is 5.31. The molecule has 1 saturated carbocycles. The average molecular weight is 317 g/mol. The number of hydrogen-bond donors (Lipinski definition) is 1. The highest BCUT2D eigenvalue weighted by Crippen LogP contribution is 2.31. The molecule has 0 aromatic heterocycles. The Morgan fingerprint density at radius 1 is 1.40 bits per heavy atom. The smallest absolute Gasteiger partial charge is 0.244 e. The zero-order chi connectivity index (χ0) is 14.8. The summed E-state index contributed by atoms with van der Waals surface area (Å²) in [7, 11) is -1.86. The second kappa shape index (κ2) is 6.43. The third-order valence-electron chi connectivity index (χ3n) is 3.82. The van der Waals surface area contributed by atoms with Crippen molar-refractivity contribution in [3.63, 3.8) is 0 Å². The Kier molecular flexibility index (Phi) is 5.07. The molecular formula is C14H21ClN2O2S. The molecule has 0 aliphatic heterocycles. The Morgan fingerprint density at radius 2 is 2.10 bits per heavy atom. The number of halogens is 1. The molecule has 1 aliphatic carbocycles. The van der Waals surface area contributed by atoms with E-state index in [0.29, 0.717) is 6.54 Å². The van der Waals surface area contributed by atoms with Crippen molar-refractivity contribution in [2.24, 2.45) is 0 Å². The van der Waals surface area contributed by atoms with Crippen LogP contribution in [0.15, 0.2) is 23.1 Å². The molecule has 0 unspecified atom stereocenters. The van der Waals surface area contributed by atoms with E-state index in [2.05, 4.69) is 5.32 Å². The van der Waals surface area contributed by atoms with Crippen molar-refractivity contribution in [3.8, 4) is 0 Å². The van der Waals surface area contributed by atoms with Gasteiger partial charge in [-0.3, -0.25) is 0 Å². The van der Waals surface area contributed by atoms with Crippen molar-refractivity contribution in [3.05, 3.63) is 28.8 Å². The molecule has 0 radical (unpaired) electrons. The van der Waals surface area contributed by atoms with E-state index < -0.39 is 10.0 Å². The van der Waals surface area contributed by atoms with Gasteiger partial charge in [0.2, 0.25) is 10.0 Å². The molecule has 0 spiro atoms. The van der Waals surface area contributed by atoms with Crippen LogP contribution in [0.25, 0.3) is 0 Å². The van der Waals surface area contributed by atoms with Gasteiger partial charge in [0.1, 0.15) is 4.90 Å². The molecule has 0 amide bonds. The number of hydrogen-bond acceptors (Lipinski definition) is 3. The van der Waals surface area contributed by atoms with Crippen LogP contribution in [0.1, 0.15) is 31.7 Å². The van der Waals surface area contributed by atoms with Crippen LogP contribution < -0.4 is 5.32 Å². The average Bonchev–Trinajstić information content (AvgIpc) is 2.35. The van der Waals surface area contributed by atoms with Crippen LogP contribution in [0.4, 0.5) is 0 Å². The van der Waals surface area contributed by atoms with E-state index in [-0.39, 0.29) is 16.0 Å². The highest BCUT2D eigenvalue weighted by Gasteiger charge is 2.33. The van der Waals surface area contributed by atoms with Gasteiger partial charge in [-0.15, -0.1) is 0 Å². The summed E-state index contributed by atoms with van der Waals surface area (Å²) in [6.07, 6.45) is 2.97. The largest absolute Gasteiger partial charge is 0.313 e. The molecule has 4 nitrogen and oxygen atoms in total. The monoisotopic (exact) mass is 316 g/mol. The Bertz CT molecular complexity index is 571. The fourth-order valence-electron chi connectivity index (χ4n) is 2.23. The maximum Gasteiger partial charge on any atom is 0.244 e. The first kappa shape index (κ1) is 15.8. The van der Waals surface area contributed by atoms with Gasteiger partial charge in [-0.05, 0) is 37.1 Å². The number of sulfonamides is 1. The SMILES string of the molecule is CCNCc1ccc(Cl)c(S(=O)(=O)N(C)C2CCC2)c1. The fourth-order valence-corrected chi connectivity index (χ4v) is 4.16. The lowest BCUT2D eigenvalue weighted by Crippen LogP contribution is -2.41. The van der Waals surface area contributed by atoms with Crippen molar-refractivity contribution < 1.29 is 8.42 Å². The minimum absolute atomic E-state index is 0.119. The van der Waals surface area contributed by atoms with Gasteiger partial charge in [-0.2, -0.15) is 4.31 Å². The van der Waals surface area contributed by atoms with Crippen molar-refractivity contribution in [2.45, 2.75) is 43.7 Å². The van der Waals surface area contributed by atoms with Gasteiger partial charge in [0.25, 0.3) is 0 Å². The standard InChI is InChI=1S/C14H21ClN2O2S/c1-3-16-10-11-7-8-13(15)14(9-11)20(18,19)17(2)12-5-4-6-12/h7-9,12,16H,3-6,10H2,1-2H3. The number of nitrogens with one attached hydrogen (secondary N) is 1. The first-order valence-electron chi connectivity index (χ1n) is 6.94. The molecule has 0 atom stereocenters. The minimum Gasteiger partial charge on any atom is -0.313 e. The molecule has 2 rings (SSSR count). The molecule has 0 bridgehead atoms. The number of rotatable bonds is 6. The third kappa shape index (κ3) is 3.17. The van der Waals surface area contributed by atoms with Gasteiger partial charge in [-0.25, -0.2) is 8.42 Å². The molecule has 1 fully saturated rings. The van der Waals surface area contributed by atoms with Crippen molar-refractivity contribution in [1.82, 2.24) is 9.62 Å². The van der Waals surface area contributed by atoms with E-state index in [1.807, 2.05) is 13.0 Å². The van der Waals surface area contributed by atoms with Crippen LogP contribution in [0.5, 0.6) is 0 Å². The summed E-state index contributed by atoms with van der Waals surface area (Å²) < 4.78 is 26.7. The van der Waals surface area contributed by atoms with Crippen LogP contribution in [0, 0.1) is 0 Å². The van der Waals surface area contributed by atoms with Gasteiger partial charge < -0.3 is 5.32 Å². The van der Waals surface area contributed by atoms with Crippen LogP contribution in [-0.2, 0) is 16.6 Å². The summed E-state index contributed by atoms with van der Waals surface area (Å²) in [5.74, 6) is 0. The lowest BCUT2D eigenvalue weighted by atomic mass is 9.94. The van der Waals surface area contributed by atoms with Gasteiger partial charge in [0.05, 0.1) is 5.02 Å². The Balaban J connectivity index is 2.29. The van der Waals surface area contributed by atoms with Crippen molar-refractivity contribution in [1.29, 1.82) is 0 Å². The molecule has 0 heterocycles. The Labute approximate surface area is 126 Å². The van der Waals surface area contributed by atoms with E-state index in [1.165, 1.54) is 4.31 Å². The third-order valence-corrected chi connectivity index (χ3v) is 6.21. The number of benzene rings is 1. The van der Waals surface area contributed by atoms with E-state index in [0.717, 1.165) is 31.4 Å². The Hall–Kier alpha value is -0.620. The van der Waals surface area contributed by atoms with E-state index in [9.17, 15) is 8.42 Å². The summed E-state index contributed by atoms with van der Waals surface area (Å²) in [4.78, 5) is 0.212. The molecule has 1 aromatic rings. The summed E-state index contributed by atoms with van der Waals surface area (Å²) in [6.45, 7) is 3.49. The van der Waals surface area contributed by atoms with Crippen molar-refractivity contribution >= 4 is 21.6 Å². The maximum absolute atomic E-state index is 12.6. The highest BCUT2D eigenvalue weighted by atomic mass is 35.5. The molecule has 20 heavy (non-hydrogen) atoms. The molecule has 1 N–H and O–H groups in total. The van der Waals surface area contributed by atoms with E-state index in [1.54, 1.807) is 19.2 Å². The second-order valence-electron chi connectivity index (χ2n) is 5.15. The summed E-state index contributed by atoms with van der Waals surface area (Å²) in [5.41, 5.74) is 0.928. The van der Waals surface area contributed by atoms with E-state index in [4.69, 9.17) is 11.6 Å². The first-order chi connectivity index (χ1) is 9.46. The summed E-state index contributed by atoms with van der Waals surface area (Å²) >= 11 is 6.10. The molecule has 6 heteroatoms. The van der Waals surface area contributed by atoms with Crippen LogP contribution in [0.2, 0.25) is 5.02 Å². The fraction of sp³-hybridized carbons (Fsp3) is 0.571. The minimum atomic E-state index is -3.50. The van der Waals surface area contributed by atoms with Crippen LogP contribution in [0.3, 0.4) is 0 Å².